The van der Waals surface area contributed by atoms with Gasteiger partial charge in [-0.15, -0.1) is 0 Å². The quantitative estimate of drug-likeness (QED) is 0.141. The van der Waals surface area contributed by atoms with E-state index < -0.39 is 0 Å². The summed E-state index contributed by atoms with van der Waals surface area (Å²) < 4.78 is 11.9. The Morgan fingerprint density at radius 1 is 0.708 bits per heavy atom. The highest BCUT2D eigenvalue weighted by molar-refractivity contribution is 4.97. The van der Waals surface area contributed by atoms with Gasteiger partial charge in [0.25, 0.3) is 0 Å². The summed E-state index contributed by atoms with van der Waals surface area (Å²) in [6, 6.07) is 0. The van der Waals surface area contributed by atoms with Crippen LogP contribution in [0.5, 0.6) is 0 Å². The van der Waals surface area contributed by atoms with Crippen LogP contribution in [0.3, 0.4) is 0 Å². The van der Waals surface area contributed by atoms with E-state index in [1.54, 1.807) is 6.08 Å². The zero-order valence-corrected chi connectivity index (χ0v) is 16.4. The largest absolute Gasteiger partial charge is 0.352 e. The number of rotatable bonds is 19. The number of unbranched alkanes of at least 4 members (excludes halogenated alkanes) is 10. The molecule has 0 spiro atoms. The fourth-order valence-corrected chi connectivity index (χ4v) is 2.66. The Bertz CT molecular complexity index is 255. The van der Waals surface area contributed by atoms with E-state index in [2.05, 4.69) is 26.5 Å². The second-order valence-electron chi connectivity index (χ2n) is 6.61. The molecule has 0 aliphatic heterocycles. The molecule has 0 unspecified atom stereocenters. The fourth-order valence-electron chi connectivity index (χ4n) is 2.66. The maximum absolute atomic E-state index is 5.93. The first-order valence-electron chi connectivity index (χ1n) is 10.4. The second-order valence-corrected chi connectivity index (χ2v) is 6.61. The van der Waals surface area contributed by atoms with Gasteiger partial charge in [0.2, 0.25) is 0 Å². The lowest BCUT2D eigenvalue weighted by atomic mass is 10.1. The van der Waals surface area contributed by atoms with E-state index in [1.165, 1.54) is 64.2 Å². The minimum absolute atomic E-state index is 0.0903. The molecule has 0 rings (SSSR count). The van der Waals surface area contributed by atoms with Crippen molar-refractivity contribution in [2.24, 2.45) is 0 Å². The van der Waals surface area contributed by atoms with Crippen molar-refractivity contribution in [3.63, 3.8) is 0 Å². The molecule has 0 aromatic heterocycles. The maximum atomic E-state index is 5.93. The van der Waals surface area contributed by atoms with Crippen molar-refractivity contribution in [1.82, 2.24) is 0 Å². The Labute approximate surface area is 151 Å². The summed E-state index contributed by atoms with van der Waals surface area (Å²) in [6.45, 7) is 9.85. The molecule has 0 aromatic rings. The summed E-state index contributed by atoms with van der Waals surface area (Å²) in [7, 11) is 0. The van der Waals surface area contributed by atoms with E-state index in [-0.39, 0.29) is 6.29 Å². The molecule has 24 heavy (non-hydrogen) atoms. The molecule has 0 aromatic carbocycles. The van der Waals surface area contributed by atoms with Gasteiger partial charge in [0.15, 0.2) is 6.29 Å². The van der Waals surface area contributed by atoms with E-state index in [0.717, 1.165) is 32.5 Å². The van der Waals surface area contributed by atoms with Gasteiger partial charge < -0.3 is 9.47 Å². The smallest absolute Gasteiger partial charge is 0.160 e. The predicted octanol–water partition coefficient (Wildman–Crippen LogP) is 7.20. The van der Waals surface area contributed by atoms with Gasteiger partial charge in [-0.2, -0.15) is 0 Å². The van der Waals surface area contributed by atoms with Crippen LogP contribution < -0.4 is 0 Å². The van der Waals surface area contributed by atoms with Gasteiger partial charge in [0.1, 0.15) is 0 Å². The van der Waals surface area contributed by atoms with Crippen molar-refractivity contribution < 1.29 is 9.47 Å². The third kappa shape index (κ3) is 17.7. The highest BCUT2D eigenvalue weighted by atomic mass is 16.7. The van der Waals surface area contributed by atoms with Gasteiger partial charge in [-0.3, -0.25) is 0 Å². The molecule has 0 aliphatic rings. The molecular weight excluding hydrogens is 296 g/mol. The molecule has 142 valence electrons. The van der Waals surface area contributed by atoms with Gasteiger partial charge in [-0.25, -0.2) is 0 Å². The number of hydrogen-bond acceptors (Lipinski definition) is 2. The van der Waals surface area contributed by atoms with Crippen molar-refractivity contribution in [1.29, 1.82) is 0 Å². The molecule has 0 atom stereocenters. The van der Waals surface area contributed by atoms with E-state index in [0.29, 0.717) is 0 Å². The Kier molecular flexibility index (Phi) is 19.9. The number of hydrogen-bond donors (Lipinski definition) is 0. The molecule has 0 aliphatic carbocycles. The van der Waals surface area contributed by atoms with Crippen LogP contribution in [0.1, 0.15) is 97.3 Å². The molecule has 2 nitrogen and oxygen atoms in total. The van der Waals surface area contributed by atoms with Crippen LogP contribution in [0.25, 0.3) is 0 Å². The fraction of sp³-hybridized carbons (Fsp3) is 0.818. The van der Waals surface area contributed by atoms with Crippen LogP contribution in [0.4, 0.5) is 0 Å². The van der Waals surface area contributed by atoms with Crippen LogP contribution >= 0.6 is 0 Å². The summed E-state index contributed by atoms with van der Waals surface area (Å²) >= 11 is 0. The summed E-state index contributed by atoms with van der Waals surface area (Å²) in [6.07, 6.45) is 22.1. The summed E-state index contributed by atoms with van der Waals surface area (Å²) in [5.41, 5.74) is 0. The predicted molar refractivity (Wildman–Crippen MR) is 106 cm³/mol. The molecule has 0 saturated heterocycles. The summed E-state index contributed by atoms with van der Waals surface area (Å²) in [5.74, 6) is 0. The molecule has 2 heteroatoms. The van der Waals surface area contributed by atoms with Crippen LogP contribution in [-0.4, -0.2) is 19.5 Å². The van der Waals surface area contributed by atoms with Crippen LogP contribution in [0.15, 0.2) is 24.8 Å². The summed E-state index contributed by atoms with van der Waals surface area (Å²) in [4.78, 5) is 0. The molecule has 0 N–H and O–H groups in total. The van der Waals surface area contributed by atoms with Gasteiger partial charge in [-0.05, 0) is 12.8 Å². The molecule has 0 heterocycles. The van der Waals surface area contributed by atoms with Crippen molar-refractivity contribution in [2.45, 2.75) is 104 Å². The van der Waals surface area contributed by atoms with Gasteiger partial charge >= 0.3 is 0 Å². The minimum Gasteiger partial charge on any atom is -0.352 e. The van der Waals surface area contributed by atoms with Crippen molar-refractivity contribution in [2.75, 3.05) is 13.2 Å². The first kappa shape index (κ1) is 23.4. The summed E-state index contributed by atoms with van der Waals surface area (Å²) in [5, 5.41) is 0. The van der Waals surface area contributed by atoms with Crippen molar-refractivity contribution in [3.05, 3.63) is 24.8 Å². The van der Waals surface area contributed by atoms with E-state index >= 15 is 0 Å². The monoisotopic (exact) mass is 338 g/mol. The Hall–Kier alpha value is -0.600. The van der Waals surface area contributed by atoms with Crippen molar-refractivity contribution in [3.8, 4) is 0 Å². The first-order chi connectivity index (χ1) is 11.8. The zero-order valence-electron chi connectivity index (χ0n) is 16.4. The Balaban J connectivity index is 3.72. The Morgan fingerprint density at radius 3 is 1.62 bits per heavy atom. The van der Waals surface area contributed by atoms with Crippen LogP contribution in [-0.2, 0) is 9.47 Å². The minimum atomic E-state index is -0.0903. The molecular formula is C22H42O2. The third-order valence-corrected chi connectivity index (χ3v) is 4.20. The first-order valence-corrected chi connectivity index (χ1v) is 10.4. The standard InChI is InChI=1S/C22H42O2/c1-4-7-10-12-14-17-20-23-22(19-16-9-6-3)24-21-18-15-13-11-8-5-2/h6,9,16,22H,3-5,7-8,10-15,17-21H2,1-2H3/b16-9-. The SMILES string of the molecule is C=C/C=C\CC(OCCCCCCCC)OCCCCCCCC. The number of allylic oxidation sites excluding steroid dienone is 2. The molecule has 0 fully saturated rings. The number of ether oxygens (including phenoxy) is 2. The lowest BCUT2D eigenvalue weighted by molar-refractivity contribution is -0.141. The highest BCUT2D eigenvalue weighted by Crippen LogP contribution is 2.10. The van der Waals surface area contributed by atoms with Crippen LogP contribution in [0.2, 0.25) is 0 Å². The van der Waals surface area contributed by atoms with Gasteiger partial charge in [0, 0.05) is 19.6 Å². The van der Waals surface area contributed by atoms with Crippen molar-refractivity contribution >= 4 is 0 Å². The van der Waals surface area contributed by atoms with Gasteiger partial charge in [-0.1, -0.05) is 103 Å². The van der Waals surface area contributed by atoms with Crippen LogP contribution in [0, 0.1) is 0 Å². The lowest BCUT2D eigenvalue weighted by Crippen LogP contribution is -2.18. The van der Waals surface area contributed by atoms with E-state index in [4.69, 9.17) is 9.47 Å². The lowest BCUT2D eigenvalue weighted by Gasteiger charge is -2.17. The average Bonchev–Trinajstić information content (AvgIpc) is 2.59. The highest BCUT2D eigenvalue weighted by Gasteiger charge is 2.07. The maximum Gasteiger partial charge on any atom is 0.160 e. The Morgan fingerprint density at radius 2 is 1.17 bits per heavy atom. The molecule has 0 saturated carbocycles. The molecule has 0 radical (unpaired) electrons. The molecule has 0 bridgehead atoms. The topological polar surface area (TPSA) is 18.5 Å². The van der Waals surface area contributed by atoms with E-state index in [1.807, 2.05) is 6.08 Å². The molecule has 0 amide bonds. The second kappa shape index (κ2) is 20.4. The zero-order chi connectivity index (χ0) is 17.7. The normalized spacial score (nSPS) is 11.6. The van der Waals surface area contributed by atoms with Gasteiger partial charge in [0.05, 0.1) is 0 Å². The average molecular weight is 339 g/mol. The van der Waals surface area contributed by atoms with E-state index in [9.17, 15) is 0 Å². The third-order valence-electron chi connectivity index (χ3n) is 4.20.